The lowest BCUT2D eigenvalue weighted by Crippen LogP contribution is -2.05. The van der Waals surface area contributed by atoms with Gasteiger partial charge in [0.2, 0.25) is 11.0 Å². The van der Waals surface area contributed by atoms with Crippen LogP contribution in [0, 0.1) is 13.8 Å². The molecule has 1 aromatic heterocycles. The fourth-order valence-electron chi connectivity index (χ4n) is 3.41. The van der Waals surface area contributed by atoms with Gasteiger partial charge in [0.1, 0.15) is 0 Å². The molecule has 0 aliphatic carbocycles. The second-order valence-corrected chi connectivity index (χ2v) is 8.16. The van der Waals surface area contributed by atoms with E-state index in [1.165, 1.54) is 5.56 Å². The van der Waals surface area contributed by atoms with E-state index < -0.39 is 0 Å². The topological polar surface area (TPSA) is 61.9 Å². The maximum Gasteiger partial charge on any atom is 0.221 e. The molecule has 5 nitrogen and oxygen atoms in total. The summed E-state index contributed by atoms with van der Waals surface area (Å²) >= 11 is 11.4. The van der Waals surface area contributed by atoms with Gasteiger partial charge in [-0.3, -0.25) is 0 Å². The lowest BCUT2D eigenvalue weighted by Gasteiger charge is -2.07. The van der Waals surface area contributed by atoms with Gasteiger partial charge in [-0.2, -0.15) is 0 Å². The minimum atomic E-state index is 0.0268. The van der Waals surface area contributed by atoms with E-state index in [-0.39, 0.29) is 11.0 Å². The Labute approximate surface area is 191 Å². The number of halogens is 1. The van der Waals surface area contributed by atoms with E-state index in [0.29, 0.717) is 17.3 Å². The molecular formula is C24H21ClN4OS. The van der Waals surface area contributed by atoms with Gasteiger partial charge in [0, 0.05) is 16.1 Å². The molecule has 4 rings (SSSR count). The van der Waals surface area contributed by atoms with Gasteiger partial charge in [-0.05, 0) is 73.1 Å². The predicted molar refractivity (Wildman–Crippen MR) is 131 cm³/mol. The summed E-state index contributed by atoms with van der Waals surface area (Å²) in [4.78, 5) is 0. The number of thiocarbonyl (C=S) groups is 1. The van der Waals surface area contributed by atoms with Crippen LogP contribution in [0.5, 0.6) is 5.88 Å². The lowest BCUT2D eigenvalue weighted by molar-refractivity contribution is 0.429. The molecule has 0 aliphatic rings. The first-order valence-corrected chi connectivity index (χ1v) is 10.6. The molecule has 0 aliphatic heterocycles. The number of rotatable bonds is 4. The highest BCUT2D eigenvalue weighted by atomic mass is 35.5. The minimum Gasteiger partial charge on any atom is -0.493 e. The summed E-state index contributed by atoms with van der Waals surface area (Å²) in [5.41, 5.74) is 5.41. The Balaban J connectivity index is 1.63. The molecule has 0 radical (unpaired) electrons. The molecule has 3 aromatic carbocycles. The third-order valence-corrected chi connectivity index (χ3v) is 5.56. The fourth-order valence-corrected chi connectivity index (χ4v) is 3.78. The Morgan fingerprint density at radius 2 is 1.84 bits per heavy atom. The molecule has 0 saturated heterocycles. The van der Waals surface area contributed by atoms with Crippen molar-refractivity contribution in [2.24, 2.45) is 10.2 Å². The summed E-state index contributed by atoms with van der Waals surface area (Å²) in [5, 5.41) is 24.1. The Hall–Kier alpha value is -3.22. The Kier molecular flexibility index (Phi) is 6.02. The summed E-state index contributed by atoms with van der Waals surface area (Å²) in [6.45, 7) is 4.55. The maximum atomic E-state index is 10.9. The maximum absolute atomic E-state index is 10.9. The van der Waals surface area contributed by atoms with Gasteiger partial charge in [0.15, 0.2) is 5.69 Å². The van der Waals surface area contributed by atoms with Gasteiger partial charge in [-0.15, -0.1) is 10.2 Å². The number of hydrogen-bond acceptors (Lipinski definition) is 3. The number of hydrogen-bond donors (Lipinski definition) is 2. The standard InChI is InChI=1S/C24H21ClN4OS/c1-15-10-11-19(12-16(15)2)26-24(31)28-27-22-20-8-3-4-9-21(20)29(23(22)30)14-17-6-5-7-18(25)13-17/h3-13,30H,14H2,1-2H3,(H,26,31). The molecule has 0 unspecified atom stereocenters. The van der Waals surface area contributed by atoms with E-state index in [9.17, 15) is 5.11 Å². The lowest BCUT2D eigenvalue weighted by atomic mass is 10.1. The second kappa shape index (κ2) is 8.88. The summed E-state index contributed by atoms with van der Waals surface area (Å²) in [6.07, 6.45) is 0. The molecule has 0 saturated carbocycles. The quantitative estimate of drug-likeness (QED) is 0.257. The number of benzene rings is 3. The molecule has 4 aromatic rings. The third kappa shape index (κ3) is 4.60. The van der Waals surface area contributed by atoms with Gasteiger partial charge in [-0.1, -0.05) is 48.0 Å². The summed E-state index contributed by atoms with van der Waals surface area (Å²) < 4.78 is 1.79. The van der Waals surface area contributed by atoms with Crippen LogP contribution in [-0.4, -0.2) is 14.8 Å². The average Bonchev–Trinajstić information content (AvgIpc) is 3.00. The van der Waals surface area contributed by atoms with E-state index in [2.05, 4.69) is 22.5 Å². The van der Waals surface area contributed by atoms with Crippen molar-refractivity contribution in [3.05, 3.63) is 88.4 Å². The molecule has 2 N–H and O–H groups in total. The Morgan fingerprint density at radius 3 is 2.61 bits per heavy atom. The number of aromatic hydroxyl groups is 1. The normalized spacial score (nSPS) is 11.3. The molecular weight excluding hydrogens is 428 g/mol. The summed E-state index contributed by atoms with van der Waals surface area (Å²) in [7, 11) is 0. The van der Waals surface area contributed by atoms with Crippen LogP contribution in [0.3, 0.4) is 0 Å². The van der Waals surface area contributed by atoms with Gasteiger partial charge in [-0.25, -0.2) is 0 Å². The highest BCUT2D eigenvalue weighted by Crippen LogP contribution is 2.39. The number of aromatic nitrogens is 1. The highest BCUT2D eigenvalue weighted by molar-refractivity contribution is 7.80. The number of azo groups is 1. The summed E-state index contributed by atoms with van der Waals surface area (Å²) in [6, 6.07) is 21.2. The molecule has 156 valence electrons. The highest BCUT2D eigenvalue weighted by Gasteiger charge is 2.17. The van der Waals surface area contributed by atoms with Crippen LogP contribution >= 0.6 is 23.8 Å². The SMILES string of the molecule is Cc1ccc(NC(=S)N=Nc2c(O)n(Cc3cccc(Cl)c3)c3ccccc23)cc1C. The van der Waals surface area contributed by atoms with Crippen molar-refractivity contribution in [1.82, 2.24) is 4.57 Å². The largest absolute Gasteiger partial charge is 0.493 e. The van der Waals surface area contributed by atoms with Gasteiger partial charge >= 0.3 is 0 Å². The van der Waals surface area contributed by atoms with Crippen LogP contribution in [-0.2, 0) is 6.54 Å². The number of nitrogens with one attached hydrogen (secondary N) is 1. The first-order chi connectivity index (χ1) is 14.9. The zero-order chi connectivity index (χ0) is 22.0. The van der Waals surface area contributed by atoms with Crippen LogP contribution in [0.1, 0.15) is 16.7 Å². The molecule has 7 heteroatoms. The summed E-state index contributed by atoms with van der Waals surface area (Å²) in [5.74, 6) is 0.0268. The van der Waals surface area contributed by atoms with E-state index in [1.807, 2.05) is 73.7 Å². The van der Waals surface area contributed by atoms with Crippen molar-refractivity contribution in [2.45, 2.75) is 20.4 Å². The monoisotopic (exact) mass is 448 g/mol. The molecule has 0 bridgehead atoms. The number of aryl methyl sites for hydroxylation is 2. The Morgan fingerprint density at radius 1 is 1.03 bits per heavy atom. The van der Waals surface area contributed by atoms with E-state index in [1.54, 1.807) is 4.57 Å². The molecule has 0 amide bonds. The van der Waals surface area contributed by atoms with Crippen LogP contribution in [0.15, 0.2) is 77.0 Å². The smallest absolute Gasteiger partial charge is 0.221 e. The van der Waals surface area contributed by atoms with Crippen molar-refractivity contribution in [3.8, 4) is 5.88 Å². The van der Waals surface area contributed by atoms with Crippen LogP contribution in [0.2, 0.25) is 5.02 Å². The van der Waals surface area contributed by atoms with Gasteiger partial charge in [0.05, 0.1) is 12.1 Å². The van der Waals surface area contributed by atoms with Gasteiger partial charge in [0.25, 0.3) is 0 Å². The molecule has 31 heavy (non-hydrogen) atoms. The van der Waals surface area contributed by atoms with Crippen molar-refractivity contribution in [3.63, 3.8) is 0 Å². The number of anilines is 1. The van der Waals surface area contributed by atoms with Crippen LogP contribution in [0.25, 0.3) is 10.9 Å². The molecule has 0 fully saturated rings. The zero-order valence-corrected chi connectivity index (χ0v) is 18.7. The zero-order valence-electron chi connectivity index (χ0n) is 17.1. The molecule has 0 spiro atoms. The number of fused-ring (bicyclic) bond motifs is 1. The molecule has 1 heterocycles. The van der Waals surface area contributed by atoms with Crippen LogP contribution in [0.4, 0.5) is 11.4 Å². The van der Waals surface area contributed by atoms with E-state index >= 15 is 0 Å². The third-order valence-electron chi connectivity index (χ3n) is 5.15. The van der Waals surface area contributed by atoms with Crippen LogP contribution < -0.4 is 5.32 Å². The van der Waals surface area contributed by atoms with Gasteiger partial charge < -0.3 is 15.0 Å². The van der Waals surface area contributed by atoms with Crippen molar-refractivity contribution >= 4 is 51.2 Å². The van der Waals surface area contributed by atoms with Crippen molar-refractivity contribution in [1.29, 1.82) is 0 Å². The predicted octanol–water partition coefficient (Wildman–Crippen LogP) is 7.15. The van der Waals surface area contributed by atoms with Crippen molar-refractivity contribution < 1.29 is 5.11 Å². The fraction of sp³-hybridized carbons (Fsp3) is 0.125. The van der Waals surface area contributed by atoms with E-state index in [0.717, 1.165) is 27.7 Å². The minimum absolute atomic E-state index is 0.0268. The number of nitrogens with zero attached hydrogens (tertiary/aromatic N) is 3. The van der Waals surface area contributed by atoms with E-state index in [4.69, 9.17) is 23.8 Å². The van der Waals surface area contributed by atoms with Crippen molar-refractivity contribution in [2.75, 3.05) is 5.32 Å². The Bertz CT molecular complexity index is 1310. The first-order valence-electron chi connectivity index (χ1n) is 9.77. The second-order valence-electron chi connectivity index (χ2n) is 7.33. The average molecular weight is 449 g/mol. The molecule has 0 atom stereocenters. The number of para-hydroxylation sites is 1. The first kappa shape index (κ1) is 21.0.